The fourth-order valence-electron chi connectivity index (χ4n) is 1.43. The van der Waals surface area contributed by atoms with Crippen molar-refractivity contribution in [2.24, 2.45) is 0 Å². The first-order valence-electron chi connectivity index (χ1n) is 5.18. The van der Waals surface area contributed by atoms with Crippen molar-refractivity contribution in [1.29, 1.82) is 0 Å². The predicted octanol–water partition coefficient (Wildman–Crippen LogP) is 2.55. The minimum Gasteiger partial charge on any atom is -0.478 e. The number of rotatable bonds is 4. The van der Waals surface area contributed by atoms with Crippen LogP contribution in [-0.2, 0) is 6.54 Å². The third-order valence-electron chi connectivity index (χ3n) is 2.26. The Kier molecular flexibility index (Phi) is 3.88. The third kappa shape index (κ3) is 3.27. The molecule has 18 heavy (non-hydrogen) atoms. The van der Waals surface area contributed by atoms with E-state index >= 15 is 0 Å². The summed E-state index contributed by atoms with van der Waals surface area (Å²) in [5.74, 6) is -0.957. The topological polar surface area (TPSA) is 75.1 Å². The number of benzene rings is 1. The van der Waals surface area contributed by atoms with E-state index in [0.717, 1.165) is 11.4 Å². The number of aromatic nitrogens is 2. The number of aromatic carboxylic acids is 1. The van der Waals surface area contributed by atoms with Crippen molar-refractivity contribution < 1.29 is 9.90 Å². The summed E-state index contributed by atoms with van der Waals surface area (Å²) in [5.41, 5.74) is 1.79. The molecule has 1 aromatic carbocycles. The van der Waals surface area contributed by atoms with Gasteiger partial charge in [-0.2, -0.15) is 0 Å². The smallest absolute Gasteiger partial charge is 0.335 e. The lowest BCUT2D eigenvalue weighted by atomic mass is 10.2. The van der Waals surface area contributed by atoms with Gasteiger partial charge in [-0.1, -0.05) is 15.9 Å². The summed E-state index contributed by atoms with van der Waals surface area (Å²) in [4.78, 5) is 18.8. The molecule has 0 bridgehead atoms. The maximum Gasteiger partial charge on any atom is 0.335 e. The number of carboxylic acid groups (broad SMARTS) is 1. The second-order valence-electron chi connectivity index (χ2n) is 3.59. The molecule has 1 heterocycles. The molecule has 0 unspecified atom stereocenters. The van der Waals surface area contributed by atoms with Gasteiger partial charge in [0, 0.05) is 16.4 Å². The van der Waals surface area contributed by atoms with Gasteiger partial charge >= 0.3 is 5.97 Å². The molecule has 0 saturated carbocycles. The summed E-state index contributed by atoms with van der Waals surface area (Å²) in [5, 5.41) is 12.1. The molecule has 1 aromatic heterocycles. The molecule has 2 rings (SSSR count). The molecule has 0 fully saturated rings. The standard InChI is InChI=1S/C12H10BrN3O2/c13-9-3-8(12(17)18)4-11(5-9)15-6-10-1-2-14-7-16-10/h1-5,7,15H,6H2,(H,17,18). The summed E-state index contributed by atoms with van der Waals surface area (Å²) in [7, 11) is 0. The highest BCUT2D eigenvalue weighted by Gasteiger charge is 2.06. The van der Waals surface area contributed by atoms with Gasteiger partial charge in [0.15, 0.2) is 0 Å². The Morgan fingerprint density at radius 2 is 2.22 bits per heavy atom. The number of carbonyl (C=O) groups is 1. The lowest BCUT2D eigenvalue weighted by molar-refractivity contribution is 0.0697. The van der Waals surface area contributed by atoms with Gasteiger partial charge in [-0.15, -0.1) is 0 Å². The minimum atomic E-state index is -0.957. The summed E-state index contributed by atoms with van der Waals surface area (Å²) >= 11 is 3.28. The summed E-state index contributed by atoms with van der Waals surface area (Å²) in [6.07, 6.45) is 3.13. The molecular weight excluding hydrogens is 298 g/mol. The van der Waals surface area contributed by atoms with Crippen LogP contribution in [0.15, 0.2) is 41.3 Å². The molecule has 5 nitrogen and oxygen atoms in total. The Hall–Kier alpha value is -1.95. The van der Waals surface area contributed by atoms with E-state index < -0.39 is 5.97 Å². The van der Waals surface area contributed by atoms with E-state index in [9.17, 15) is 4.79 Å². The van der Waals surface area contributed by atoms with Gasteiger partial charge in [-0.25, -0.2) is 14.8 Å². The Bertz CT molecular complexity index is 561. The number of anilines is 1. The quantitative estimate of drug-likeness (QED) is 0.908. The first-order valence-corrected chi connectivity index (χ1v) is 5.97. The van der Waals surface area contributed by atoms with Gasteiger partial charge < -0.3 is 10.4 Å². The Morgan fingerprint density at radius 1 is 1.39 bits per heavy atom. The molecule has 0 aliphatic heterocycles. The van der Waals surface area contributed by atoms with Crippen molar-refractivity contribution in [3.8, 4) is 0 Å². The van der Waals surface area contributed by atoms with Crippen LogP contribution in [0.2, 0.25) is 0 Å². The lowest BCUT2D eigenvalue weighted by Gasteiger charge is -2.07. The Morgan fingerprint density at radius 3 is 2.89 bits per heavy atom. The number of nitrogens with one attached hydrogen (secondary N) is 1. The number of hydrogen-bond donors (Lipinski definition) is 2. The molecule has 0 atom stereocenters. The number of nitrogens with zero attached hydrogens (tertiary/aromatic N) is 2. The third-order valence-corrected chi connectivity index (χ3v) is 2.72. The van der Waals surface area contributed by atoms with Gasteiger partial charge in [0.05, 0.1) is 17.8 Å². The summed E-state index contributed by atoms with van der Waals surface area (Å²) in [6.45, 7) is 0.512. The molecule has 0 spiro atoms. The van der Waals surface area contributed by atoms with Crippen LogP contribution in [0, 0.1) is 0 Å². The zero-order chi connectivity index (χ0) is 13.0. The zero-order valence-corrected chi connectivity index (χ0v) is 10.9. The van der Waals surface area contributed by atoms with Crippen LogP contribution in [0.25, 0.3) is 0 Å². The van der Waals surface area contributed by atoms with Crippen LogP contribution >= 0.6 is 15.9 Å². The normalized spacial score (nSPS) is 10.1. The fraction of sp³-hybridized carbons (Fsp3) is 0.0833. The van der Waals surface area contributed by atoms with E-state index in [1.165, 1.54) is 6.33 Å². The number of halogens is 1. The average molecular weight is 308 g/mol. The maximum atomic E-state index is 10.9. The monoisotopic (exact) mass is 307 g/mol. The van der Waals surface area contributed by atoms with E-state index in [1.807, 2.05) is 6.07 Å². The van der Waals surface area contributed by atoms with Crippen LogP contribution in [0.1, 0.15) is 16.1 Å². The molecule has 6 heteroatoms. The van der Waals surface area contributed by atoms with Gasteiger partial charge in [0.2, 0.25) is 0 Å². The van der Waals surface area contributed by atoms with Crippen molar-refractivity contribution in [3.05, 3.63) is 52.5 Å². The molecule has 0 saturated heterocycles. The van der Waals surface area contributed by atoms with Crippen molar-refractivity contribution in [2.45, 2.75) is 6.54 Å². The van der Waals surface area contributed by atoms with Crippen molar-refractivity contribution in [2.75, 3.05) is 5.32 Å². The van der Waals surface area contributed by atoms with Crippen LogP contribution in [0.4, 0.5) is 5.69 Å². The highest BCUT2D eigenvalue weighted by atomic mass is 79.9. The van der Waals surface area contributed by atoms with Crippen molar-refractivity contribution in [1.82, 2.24) is 9.97 Å². The zero-order valence-electron chi connectivity index (χ0n) is 9.30. The summed E-state index contributed by atoms with van der Waals surface area (Å²) in [6, 6.07) is 6.74. The highest BCUT2D eigenvalue weighted by Crippen LogP contribution is 2.20. The van der Waals surface area contributed by atoms with E-state index in [0.29, 0.717) is 11.0 Å². The van der Waals surface area contributed by atoms with Gasteiger partial charge in [0.25, 0.3) is 0 Å². The second kappa shape index (κ2) is 5.59. The SMILES string of the molecule is O=C(O)c1cc(Br)cc(NCc2ccncn2)c1. The predicted molar refractivity (Wildman–Crippen MR) is 70.5 cm³/mol. The van der Waals surface area contributed by atoms with Gasteiger partial charge in [-0.05, 0) is 24.3 Å². The van der Waals surface area contributed by atoms with Crippen molar-refractivity contribution in [3.63, 3.8) is 0 Å². The van der Waals surface area contributed by atoms with Gasteiger partial charge in [0.1, 0.15) is 6.33 Å². The molecule has 0 amide bonds. The molecule has 2 N–H and O–H groups in total. The van der Waals surface area contributed by atoms with E-state index in [-0.39, 0.29) is 5.56 Å². The first-order chi connectivity index (χ1) is 8.65. The molecule has 2 aromatic rings. The fourth-order valence-corrected chi connectivity index (χ4v) is 1.92. The van der Waals surface area contributed by atoms with E-state index in [4.69, 9.17) is 5.11 Å². The first kappa shape index (κ1) is 12.5. The van der Waals surface area contributed by atoms with Crippen LogP contribution in [-0.4, -0.2) is 21.0 Å². The maximum absolute atomic E-state index is 10.9. The Labute approximate surface area is 112 Å². The van der Waals surface area contributed by atoms with Crippen LogP contribution in [0.3, 0.4) is 0 Å². The lowest BCUT2D eigenvalue weighted by Crippen LogP contribution is -2.03. The molecule has 0 aliphatic rings. The van der Waals surface area contributed by atoms with Gasteiger partial charge in [-0.3, -0.25) is 0 Å². The molecule has 92 valence electrons. The molecule has 0 radical (unpaired) electrons. The average Bonchev–Trinajstić information content (AvgIpc) is 2.37. The second-order valence-corrected chi connectivity index (χ2v) is 4.50. The highest BCUT2D eigenvalue weighted by molar-refractivity contribution is 9.10. The number of carboxylic acids is 1. The summed E-state index contributed by atoms with van der Waals surface area (Å²) < 4.78 is 0.715. The Balaban J connectivity index is 2.12. The van der Waals surface area contributed by atoms with Crippen LogP contribution in [0.5, 0.6) is 0 Å². The van der Waals surface area contributed by atoms with E-state index in [2.05, 4.69) is 31.2 Å². The van der Waals surface area contributed by atoms with Crippen LogP contribution < -0.4 is 5.32 Å². The molecular formula is C12H10BrN3O2. The van der Waals surface area contributed by atoms with Crippen molar-refractivity contribution >= 4 is 27.6 Å². The minimum absolute atomic E-state index is 0.231. The molecule has 0 aliphatic carbocycles. The largest absolute Gasteiger partial charge is 0.478 e. The van der Waals surface area contributed by atoms with E-state index in [1.54, 1.807) is 24.4 Å². The number of hydrogen-bond acceptors (Lipinski definition) is 4.